The van der Waals surface area contributed by atoms with Crippen LogP contribution in [0.15, 0.2) is 23.1 Å². The lowest BCUT2D eigenvalue weighted by atomic mass is 9.90. The molecule has 0 unspecified atom stereocenters. The van der Waals surface area contributed by atoms with Crippen LogP contribution in [0.2, 0.25) is 5.02 Å². The molecular weight excluding hydrogens is 314 g/mol. The number of rotatable bonds is 8. The van der Waals surface area contributed by atoms with E-state index in [0.717, 1.165) is 6.42 Å². The Morgan fingerprint density at radius 2 is 2.05 bits per heavy atom. The van der Waals surface area contributed by atoms with Crippen LogP contribution in [0, 0.1) is 5.41 Å². The molecule has 0 atom stereocenters. The molecule has 1 aromatic rings. The molecule has 0 fully saturated rings. The van der Waals surface area contributed by atoms with Crippen molar-refractivity contribution in [2.75, 3.05) is 20.3 Å². The number of nitrogens with one attached hydrogen (secondary N) is 1. The van der Waals surface area contributed by atoms with E-state index < -0.39 is 10.0 Å². The van der Waals surface area contributed by atoms with Gasteiger partial charge in [0, 0.05) is 25.3 Å². The maximum Gasteiger partial charge on any atom is 0.240 e. The molecule has 0 spiro atoms. The van der Waals surface area contributed by atoms with E-state index in [-0.39, 0.29) is 16.9 Å². The van der Waals surface area contributed by atoms with Crippen molar-refractivity contribution in [3.8, 4) is 0 Å². The van der Waals surface area contributed by atoms with Gasteiger partial charge in [-0.3, -0.25) is 0 Å². The summed E-state index contributed by atoms with van der Waals surface area (Å²) >= 11 is 5.86. The number of benzene rings is 1. The summed E-state index contributed by atoms with van der Waals surface area (Å²) < 4.78 is 32.1. The van der Waals surface area contributed by atoms with Gasteiger partial charge in [-0.2, -0.15) is 0 Å². The van der Waals surface area contributed by atoms with Crippen LogP contribution in [0.4, 0.5) is 0 Å². The molecule has 120 valence electrons. The van der Waals surface area contributed by atoms with Crippen molar-refractivity contribution in [2.24, 2.45) is 5.41 Å². The maximum atomic E-state index is 12.3. The smallest absolute Gasteiger partial charge is 0.240 e. The lowest BCUT2D eigenvalue weighted by Crippen LogP contribution is -2.34. The molecule has 0 amide bonds. The molecule has 7 heteroatoms. The molecule has 0 saturated carbocycles. The van der Waals surface area contributed by atoms with Crippen LogP contribution >= 0.6 is 11.6 Å². The van der Waals surface area contributed by atoms with Crippen molar-refractivity contribution in [3.63, 3.8) is 0 Å². The molecule has 0 heterocycles. The van der Waals surface area contributed by atoms with Gasteiger partial charge in [-0.1, -0.05) is 25.4 Å². The highest BCUT2D eigenvalue weighted by Gasteiger charge is 2.22. The van der Waals surface area contributed by atoms with E-state index in [1.165, 1.54) is 18.2 Å². The molecule has 1 rings (SSSR count). The van der Waals surface area contributed by atoms with Gasteiger partial charge in [-0.05, 0) is 35.6 Å². The molecule has 1 aromatic carbocycles. The molecule has 0 aromatic heterocycles. The number of hydrogen-bond donors (Lipinski definition) is 2. The first-order chi connectivity index (χ1) is 9.72. The van der Waals surface area contributed by atoms with Gasteiger partial charge >= 0.3 is 0 Å². The molecule has 0 radical (unpaired) electrons. The molecular formula is C14H22ClNO4S. The van der Waals surface area contributed by atoms with Gasteiger partial charge in [0.25, 0.3) is 0 Å². The van der Waals surface area contributed by atoms with Crippen molar-refractivity contribution in [1.82, 2.24) is 4.72 Å². The Balaban J connectivity index is 2.82. The normalized spacial score (nSPS) is 12.6. The summed E-state index contributed by atoms with van der Waals surface area (Å²) in [6.07, 6.45) is 0.745. The van der Waals surface area contributed by atoms with Gasteiger partial charge in [0.2, 0.25) is 10.0 Å². The third kappa shape index (κ3) is 5.56. The van der Waals surface area contributed by atoms with Crippen LogP contribution in [-0.4, -0.2) is 33.8 Å². The zero-order valence-corrected chi connectivity index (χ0v) is 14.1. The van der Waals surface area contributed by atoms with Crippen molar-refractivity contribution in [3.05, 3.63) is 28.8 Å². The minimum absolute atomic E-state index is 0.0958. The third-order valence-corrected chi connectivity index (χ3v) is 4.99. The Morgan fingerprint density at radius 1 is 1.38 bits per heavy atom. The molecule has 0 saturated heterocycles. The summed E-state index contributed by atoms with van der Waals surface area (Å²) in [5.41, 5.74) is 0.174. The van der Waals surface area contributed by atoms with Gasteiger partial charge in [-0.25, -0.2) is 13.1 Å². The van der Waals surface area contributed by atoms with Crippen LogP contribution < -0.4 is 4.72 Å². The van der Waals surface area contributed by atoms with Crippen LogP contribution in [0.1, 0.15) is 25.8 Å². The quantitative estimate of drug-likeness (QED) is 0.763. The summed E-state index contributed by atoms with van der Waals surface area (Å²) in [6, 6.07) is 4.27. The fourth-order valence-corrected chi connectivity index (χ4v) is 3.15. The highest BCUT2D eigenvalue weighted by Crippen LogP contribution is 2.22. The molecule has 0 aliphatic heterocycles. The van der Waals surface area contributed by atoms with E-state index >= 15 is 0 Å². The molecule has 2 N–H and O–H groups in total. The Morgan fingerprint density at radius 3 is 2.62 bits per heavy atom. The monoisotopic (exact) mass is 335 g/mol. The average molecular weight is 336 g/mol. The molecule has 5 nitrogen and oxygen atoms in total. The Kier molecular flexibility index (Phi) is 6.62. The highest BCUT2D eigenvalue weighted by atomic mass is 35.5. The van der Waals surface area contributed by atoms with Gasteiger partial charge in [0.15, 0.2) is 0 Å². The second-order valence-corrected chi connectivity index (χ2v) is 7.82. The molecule has 0 aliphatic carbocycles. The topological polar surface area (TPSA) is 75.6 Å². The van der Waals surface area contributed by atoms with E-state index in [1.54, 1.807) is 7.11 Å². The lowest BCUT2D eigenvalue weighted by molar-refractivity contribution is 0.153. The van der Waals surface area contributed by atoms with Crippen molar-refractivity contribution >= 4 is 21.6 Å². The van der Waals surface area contributed by atoms with E-state index in [2.05, 4.69) is 4.72 Å². The number of halogens is 1. The first-order valence-corrected chi connectivity index (χ1v) is 8.46. The van der Waals surface area contributed by atoms with Crippen LogP contribution in [-0.2, 0) is 21.4 Å². The molecule has 0 aliphatic rings. The standard InChI is InChI=1S/C14H22ClNO4S/c1-14(2,6-7-20-3)10-16-21(18,19)12-4-5-13(15)11(8-12)9-17/h4-5,8,16-17H,6-7,9-10H2,1-3H3. The number of sulfonamides is 1. The number of aliphatic hydroxyl groups excluding tert-OH is 1. The highest BCUT2D eigenvalue weighted by molar-refractivity contribution is 7.89. The van der Waals surface area contributed by atoms with Gasteiger partial charge in [0.1, 0.15) is 0 Å². The average Bonchev–Trinajstić information content (AvgIpc) is 2.44. The van der Waals surface area contributed by atoms with Crippen LogP contribution in [0.5, 0.6) is 0 Å². The Hall–Kier alpha value is -0.660. The van der Waals surface area contributed by atoms with E-state index in [4.69, 9.17) is 21.4 Å². The number of methoxy groups -OCH3 is 1. The summed E-state index contributed by atoms with van der Waals surface area (Å²) in [5, 5.41) is 9.50. The van der Waals surface area contributed by atoms with E-state index in [0.29, 0.717) is 23.7 Å². The van der Waals surface area contributed by atoms with Crippen LogP contribution in [0.25, 0.3) is 0 Å². The summed E-state index contributed by atoms with van der Waals surface area (Å²) in [7, 11) is -2.01. The second-order valence-electron chi connectivity index (χ2n) is 5.64. The van der Waals surface area contributed by atoms with Crippen molar-refractivity contribution in [2.45, 2.75) is 31.8 Å². The molecule has 21 heavy (non-hydrogen) atoms. The minimum atomic E-state index is -3.63. The largest absolute Gasteiger partial charge is 0.392 e. The fourth-order valence-electron chi connectivity index (χ4n) is 1.68. The molecule has 0 bridgehead atoms. The predicted octanol–water partition coefficient (Wildman–Crippen LogP) is 2.17. The minimum Gasteiger partial charge on any atom is -0.392 e. The number of aliphatic hydroxyl groups is 1. The summed E-state index contributed by atoms with van der Waals surface area (Å²) in [6.45, 7) is 4.51. The van der Waals surface area contributed by atoms with E-state index in [1.807, 2.05) is 13.8 Å². The maximum absolute atomic E-state index is 12.3. The first-order valence-electron chi connectivity index (χ1n) is 6.60. The SMILES string of the molecule is COCCC(C)(C)CNS(=O)(=O)c1ccc(Cl)c(CO)c1. The summed E-state index contributed by atoms with van der Waals surface area (Å²) in [4.78, 5) is 0.0958. The zero-order valence-electron chi connectivity index (χ0n) is 12.5. The number of hydrogen-bond acceptors (Lipinski definition) is 4. The number of ether oxygens (including phenoxy) is 1. The van der Waals surface area contributed by atoms with Gasteiger partial charge in [-0.15, -0.1) is 0 Å². The van der Waals surface area contributed by atoms with Gasteiger partial charge in [0.05, 0.1) is 11.5 Å². The zero-order chi connectivity index (χ0) is 16.1. The van der Waals surface area contributed by atoms with Crippen LogP contribution in [0.3, 0.4) is 0 Å². The van der Waals surface area contributed by atoms with Gasteiger partial charge < -0.3 is 9.84 Å². The Labute approximate surface area is 131 Å². The summed E-state index contributed by atoms with van der Waals surface area (Å²) in [5.74, 6) is 0. The Bertz CT molecular complexity index is 572. The fraction of sp³-hybridized carbons (Fsp3) is 0.571. The first kappa shape index (κ1) is 18.4. The second kappa shape index (κ2) is 7.56. The van der Waals surface area contributed by atoms with Crippen molar-refractivity contribution < 1.29 is 18.3 Å². The van der Waals surface area contributed by atoms with E-state index in [9.17, 15) is 8.42 Å². The predicted molar refractivity (Wildman–Crippen MR) is 82.8 cm³/mol. The van der Waals surface area contributed by atoms with Crippen molar-refractivity contribution in [1.29, 1.82) is 0 Å². The third-order valence-electron chi connectivity index (χ3n) is 3.22. The lowest BCUT2D eigenvalue weighted by Gasteiger charge is -2.24.